The molecule has 0 spiro atoms. The van der Waals surface area contributed by atoms with Crippen LogP contribution in [0.4, 0.5) is 5.69 Å². The summed E-state index contributed by atoms with van der Waals surface area (Å²) in [6.45, 7) is 1.69. The number of likely N-dealkylation sites (tertiary alicyclic amines) is 1. The standard InChI is InChI=1S/C24H23N3O3S/c28-23(18-16-31-22(25-18)17-9-3-1-4-10-17)27-15-21(24(29)26-13-7-2-8-14-26)30-20-12-6-5-11-19(20)27/h1,3-6,9-12,16,21H,2,7-8,13-15H2/t21-/m1/s1. The van der Waals surface area contributed by atoms with Gasteiger partial charge in [-0.15, -0.1) is 11.3 Å². The van der Waals surface area contributed by atoms with Crippen molar-refractivity contribution in [3.63, 3.8) is 0 Å². The Kier molecular flexibility index (Phi) is 5.42. The molecule has 3 aromatic rings. The summed E-state index contributed by atoms with van der Waals surface area (Å²) in [6.07, 6.45) is 2.47. The molecule has 0 saturated carbocycles. The normalized spacial score (nSPS) is 18.3. The van der Waals surface area contributed by atoms with Gasteiger partial charge in [0, 0.05) is 24.0 Å². The number of carbonyl (C=O) groups excluding carboxylic acids is 2. The number of hydrogen-bond donors (Lipinski definition) is 0. The molecular weight excluding hydrogens is 410 g/mol. The van der Waals surface area contributed by atoms with Crippen molar-refractivity contribution in [2.75, 3.05) is 24.5 Å². The van der Waals surface area contributed by atoms with Crippen molar-refractivity contribution in [3.05, 3.63) is 65.7 Å². The molecule has 0 N–H and O–H groups in total. The quantitative estimate of drug-likeness (QED) is 0.620. The molecular formula is C24H23N3O3S. The molecule has 1 aromatic heterocycles. The summed E-state index contributed by atoms with van der Waals surface area (Å²) < 4.78 is 6.03. The van der Waals surface area contributed by atoms with Gasteiger partial charge < -0.3 is 9.64 Å². The molecule has 0 aliphatic carbocycles. The molecule has 1 fully saturated rings. The molecule has 5 rings (SSSR count). The second-order valence-electron chi connectivity index (χ2n) is 7.78. The Balaban J connectivity index is 1.42. The van der Waals surface area contributed by atoms with Gasteiger partial charge in [0.1, 0.15) is 16.5 Å². The smallest absolute Gasteiger partial charge is 0.278 e. The number of hydrogen-bond acceptors (Lipinski definition) is 5. The number of anilines is 1. The van der Waals surface area contributed by atoms with Crippen molar-refractivity contribution < 1.29 is 14.3 Å². The molecule has 1 saturated heterocycles. The van der Waals surface area contributed by atoms with Crippen LogP contribution in [0.5, 0.6) is 5.75 Å². The zero-order chi connectivity index (χ0) is 21.2. The van der Waals surface area contributed by atoms with E-state index >= 15 is 0 Å². The van der Waals surface area contributed by atoms with E-state index in [1.807, 2.05) is 59.5 Å². The molecule has 2 aliphatic heterocycles. The van der Waals surface area contributed by atoms with Gasteiger partial charge in [0.05, 0.1) is 12.2 Å². The number of amides is 2. The number of thiazole rings is 1. The average Bonchev–Trinajstić information content (AvgIpc) is 3.34. The van der Waals surface area contributed by atoms with E-state index in [4.69, 9.17) is 4.74 Å². The third kappa shape index (κ3) is 3.93. The Labute approximate surface area is 185 Å². The van der Waals surface area contributed by atoms with Crippen molar-refractivity contribution in [2.45, 2.75) is 25.4 Å². The minimum absolute atomic E-state index is 0.0461. The highest BCUT2D eigenvalue weighted by atomic mass is 32.1. The van der Waals surface area contributed by atoms with Crippen LogP contribution in [0.2, 0.25) is 0 Å². The fourth-order valence-corrected chi connectivity index (χ4v) is 4.90. The van der Waals surface area contributed by atoms with Crippen LogP contribution in [0.1, 0.15) is 29.8 Å². The van der Waals surface area contributed by atoms with Crippen LogP contribution in [0, 0.1) is 0 Å². The van der Waals surface area contributed by atoms with Gasteiger partial charge in [-0.1, -0.05) is 42.5 Å². The maximum absolute atomic E-state index is 13.4. The Hall–Kier alpha value is -3.19. The van der Waals surface area contributed by atoms with Crippen LogP contribution >= 0.6 is 11.3 Å². The van der Waals surface area contributed by atoms with Crippen molar-refractivity contribution >= 4 is 28.8 Å². The number of para-hydroxylation sites is 2. The van der Waals surface area contributed by atoms with Gasteiger partial charge in [-0.2, -0.15) is 0 Å². The number of fused-ring (bicyclic) bond motifs is 1. The first-order valence-electron chi connectivity index (χ1n) is 10.6. The van der Waals surface area contributed by atoms with Crippen molar-refractivity contribution in [1.29, 1.82) is 0 Å². The van der Waals surface area contributed by atoms with Gasteiger partial charge in [0.25, 0.3) is 11.8 Å². The van der Waals surface area contributed by atoms with Gasteiger partial charge in [-0.25, -0.2) is 4.98 Å². The van der Waals surface area contributed by atoms with E-state index in [1.165, 1.54) is 11.3 Å². The van der Waals surface area contributed by atoms with Crippen molar-refractivity contribution in [1.82, 2.24) is 9.88 Å². The minimum Gasteiger partial charge on any atom is -0.476 e. The van der Waals surface area contributed by atoms with E-state index < -0.39 is 6.10 Å². The summed E-state index contributed by atoms with van der Waals surface area (Å²) in [4.78, 5) is 34.6. The average molecular weight is 434 g/mol. The highest BCUT2D eigenvalue weighted by molar-refractivity contribution is 7.13. The third-order valence-corrected chi connectivity index (χ3v) is 6.60. The summed E-state index contributed by atoms with van der Waals surface area (Å²) in [5.41, 5.74) is 2.03. The molecule has 6 nitrogen and oxygen atoms in total. The molecule has 2 aromatic carbocycles. The van der Waals surface area contributed by atoms with E-state index in [-0.39, 0.29) is 18.4 Å². The number of ether oxygens (including phenoxy) is 1. The van der Waals surface area contributed by atoms with Gasteiger partial charge in [0.15, 0.2) is 6.10 Å². The Bertz CT molecular complexity index is 1090. The first kappa shape index (κ1) is 19.8. The van der Waals surface area contributed by atoms with Crippen molar-refractivity contribution in [3.8, 4) is 16.3 Å². The number of nitrogens with zero attached hydrogens (tertiary/aromatic N) is 3. The van der Waals surface area contributed by atoms with E-state index in [1.54, 1.807) is 10.3 Å². The summed E-state index contributed by atoms with van der Waals surface area (Å²) in [5, 5.41) is 2.58. The maximum Gasteiger partial charge on any atom is 0.278 e. The summed E-state index contributed by atoms with van der Waals surface area (Å²) in [7, 11) is 0. The zero-order valence-electron chi connectivity index (χ0n) is 17.1. The number of benzene rings is 2. The van der Waals surface area contributed by atoms with Gasteiger partial charge in [0.2, 0.25) is 0 Å². The lowest BCUT2D eigenvalue weighted by atomic mass is 10.1. The van der Waals surface area contributed by atoms with E-state index in [9.17, 15) is 9.59 Å². The second kappa shape index (κ2) is 8.51. The highest BCUT2D eigenvalue weighted by Gasteiger charge is 2.37. The largest absolute Gasteiger partial charge is 0.476 e. The molecule has 158 valence electrons. The highest BCUT2D eigenvalue weighted by Crippen LogP contribution is 2.35. The van der Waals surface area contributed by atoms with Crippen LogP contribution in [0.25, 0.3) is 10.6 Å². The molecule has 7 heteroatoms. The topological polar surface area (TPSA) is 62.7 Å². The molecule has 2 amide bonds. The monoisotopic (exact) mass is 433 g/mol. The molecule has 1 atom stereocenters. The van der Waals surface area contributed by atoms with Gasteiger partial charge in [-0.3, -0.25) is 14.5 Å². The molecule has 0 bridgehead atoms. The van der Waals surface area contributed by atoms with Crippen molar-refractivity contribution in [2.24, 2.45) is 0 Å². The summed E-state index contributed by atoms with van der Waals surface area (Å²) in [5.74, 6) is 0.289. The van der Waals surface area contributed by atoms with E-state index in [0.29, 0.717) is 17.1 Å². The van der Waals surface area contributed by atoms with Crippen LogP contribution in [-0.4, -0.2) is 47.4 Å². The first-order valence-corrected chi connectivity index (χ1v) is 11.5. The molecule has 3 heterocycles. The number of aromatic nitrogens is 1. The predicted octanol–water partition coefficient (Wildman–Crippen LogP) is 4.23. The van der Waals surface area contributed by atoms with Crippen LogP contribution in [-0.2, 0) is 4.79 Å². The lowest BCUT2D eigenvalue weighted by Gasteiger charge is -2.37. The lowest BCUT2D eigenvalue weighted by molar-refractivity contribution is -0.139. The van der Waals surface area contributed by atoms with Crippen LogP contribution < -0.4 is 9.64 Å². The maximum atomic E-state index is 13.4. The Morgan fingerprint density at radius 2 is 1.71 bits per heavy atom. The second-order valence-corrected chi connectivity index (χ2v) is 8.64. The predicted molar refractivity (Wildman–Crippen MR) is 121 cm³/mol. The fourth-order valence-electron chi connectivity index (χ4n) is 4.10. The number of piperidine rings is 1. The Morgan fingerprint density at radius 1 is 0.968 bits per heavy atom. The van der Waals surface area contributed by atoms with Crippen LogP contribution in [0.3, 0.4) is 0 Å². The van der Waals surface area contributed by atoms with Gasteiger partial charge >= 0.3 is 0 Å². The van der Waals surface area contributed by atoms with Crippen LogP contribution in [0.15, 0.2) is 60.0 Å². The number of rotatable bonds is 3. The third-order valence-electron chi connectivity index (χ3n) is 5.71. The summed E-state index contributed by atoms with van der Waals surface area (Å²) in [6, 6.07) is 17.2. The molecule has 31 heavy (non-hydrogen) atoms. The Morgan fingerprint density at radius 3 is 2.52 bits per heavy atom. The lowest BCUT2D eigenvalue weighted by Crippen LogP contribution is -2.52. The molecule has 0 unspecified atom stereocenters. The minimum atomic E-state index is -0.704. The first-order chi connectivity index (χ1) is 15.2. The fraction of sp³-hybridized carbons (Fsp3) is 0.292. The zero-order valence-corrected chi connectivity index (χ0v) is 17.9. The SMILES string of the molecule is O=C([C@H]1CN(C(=O)c2csc(-c3ccccc3)n2)c2ccccc2O1)N1CCCCC1. The summed E-state index contributed by atoms with van der Waals surface area (Å²) >= 11 is 1.44. The number of carbonyl (C=O) groups is 2. The molecule has 2 aliphatic rings. The van der Waals surface area contributed by atoms with E-state index in [0.717, 1.165) is 42.9 Å². The van der Waals surface area contributed by atoms with E-state index in [2.05, 4.69) is 4.98 Å². The van der Waals surface area contributed by atoms with Gasteiger partial charge in [-0.05, 0) is 31.4 Å². The molecule has 0 radical (unpaired) electrons.